The molecule has 4 atom stereocenters. The summed E-state index contributed by atoms with van der Waals surface area (Å²) in [5, 5.41) is 10.0. The van der Waals surface area contributed by atoms with E-state index in [0.29, 0.717) is 44.2 Å². The molecule has 1 aromatic heterocycles. The summed E-state index contributed by atoms with van der Waals surface area (Å²) in [5.74, 6) is 1.11. The van der Waals surface area contributed by atoms with Gasteiger partial charge < -0.3 is 24.5 Å². The van der Waals surface area contributed by atoms with Gasteiger partial charge in [0.25, 0.3) is 5.91 Å². The Bertz CT molecular complexity index is 783. The smallest absolute Gasteiger partial charge is 0.257 e. The maximum Gasteiger partial charge on any atom is 0.257 e. The van der Waals surface area contributed by atoms with E-state index in [9.17, 15) is 14.7 Å². The molecule has 162 valence electrons. The van der Waals surface area contributed by atoms with Gasteiger partial charge in [-0.25, -0.2) is 9.97 Å². The molecule has 1 N–H and O–H groups in total. The molecule has 30 heavy (non-hydrogen) atoms. The number of aliphatic hydroxyl groups is 1. The highest BCUT2D eigenvalue weighted by atomic mass is 16.5. The molecule has 5 heterocycles. The minimum absolute atomic E-state index is 0.0426. The molecule has 1 aromatic rings. The SMILES string of the molecule is O=C(c1cnc(N2CCOCC2)nc1)N1C[C@H]2C[C@@H](C1)[C@H](CO)N1C(=O)CCC[C@@H]21. The second-order valence-electron chi connectivity index (χ2n) is 8.85. The fourth-order valence-corrected chi connectivity index (χ4v) is 5.72. The van der Waals surface area contributed by atoms with Gasteiger partial charge in [-0.05, 0) is 31.1 Å². The number of aliphatic hydroxyl groups excluding tert-OH is 1. The van der Waals surface area contributed by atoms with Crippen LogP contribution in [0.25, 0.3) is 0 Å². The van der Waals surface area contributed by atoms with Gasteiger partial charge in [-0.1, -0.05) is 0 Å². The van der Waals surface area contributed by atoms with E-state index < -0.39 is 0 Å². The lowest BCUT2D eigenvalue weighted by Gasteiger charge is -2.56. The molecule has 0 saturated carbocycles. The van der Waals surface area contributed by atoms with Crippen molar-refractivity contribution in [1.82, 2.24) is 19.8 Å². The van der Waals surface area contributed by atoms with E-state index in [1.165, 1.54) is 0 Å². The minimum atomic E-state index is -0.186. The van der Waals surface area contributed by atoms with Gasteiger partial charge in [0, 0.05) is 51.0 Å². The Hall–Kier alpha value is -2.26. The molecule has 4 aliphatic rings. The second kappa shape index (κ2) is 8.11. The molecule has 2 bridgehead atoms. The van der Waals surface area contributed by atoms with E-state index >= 15 is 0 Å². The van der Waals surface area contributed by atoms with E-state index in [1.54, 1.807) is 12.4 Å². The molecule has 9 nitrogen and oxygen atoms in total. The standard InChI is InChI=1S/C21H29N5O4/c27-13-18-15-8-14(17-2-1-3-19(28)26(17)18)11-25(12-15)20(29)16-9-22-21(23-10-16)24-4-6-30-7-5-24/h9-10,14-15,17-18,27H,1-8,11-13H2/t14-,15+,17+,18+/m1/s1. The topological polar surface area (TPSA) is 99.1 Å². The Labute approximate surface area is 176 Å². The molecule has 4 fully saturated rings. The van der Waals surface area contributed by atoms with Crippen LogP contribution < -0.4 is 4.90 Å². The summed E-state index contributed by atoms with van der Waals surface area (Å²) in [6, 6.07) is -0.0511. The quantitative estimate of drug-likeness (QED) is 0.750. The van der Waals surface area contributed by atoms with Gasteiger partial charge in [-0.2, -0.15) is 0 Å². The Balaban J connectivity index is 1.32. The largest absolute Gasteiger partial charge is 0.394 e. The molecule has 4 saturated heterocycles. The molecule has 0 unspecified atom stereocenters. The Morgan fingerprint density at radius 3 is 2.63 bits per heavy atom. The first-order valence-electron chi connectivity index (χ1n) is 11.0. The lowest BCUT2D eigenvalue weighted by Crippen LogP contribution is -2.66. The fraction of sp³-hybridized carbons (Fsp3) is 0.714. The average molecular weight is 415 g/mol. The van der Waals surface area contributed by atoms with Crippen LogP contribution in [0.5, 0.6) is 0 Å². The van der Waals surface area contributed by atoms with Crippen LogP contribution in [0, 0.1) is 11.8 Å². The number of aromatic nitrogens is 2. The Morgan fingerprint density at radius 1 is 1.17 bits per heavy atom. The van der Waals surface area contributed by atoms with Crippen LogP contribution in [0.2, 0.25) is 0 Å². The van der Waals surface area contributed by atoms with Gasteiger partial charge >= 0.3 is 0 Å². The summed E-state index contributed by atoms with van der Waals surface area (Å²) in [5.41, 5.74) is 0.490. The maximum absolute atomic E-state index is 13.2. The van der Waals surface area contributed by atoms with Gasteiger partial charge in [0.15, 0.2) is 0 Å². The van der Waals surface area contributed by atoms with Crippen molar-refractivity contribution in [2.75, 3.05) is 50.9 Å². The summed E-state index contributed by atoms with van der Waals surface area (Å²) < 4.78 is 5.36. The molecule has 9 heteroatoms. The molecule has 0 spiro atoms. The molecule has 4 aliphatic heterocycles. The van der Waals surface area contributed by atoms with Crippen molar-refractivity contribution in [1.29, 1.82) is 0 Å². The van der Waals surface area contributed by atoms with E-state index in [4.69, 9.17) is 4.74 Å². The number of likely N-dealkylation sites (tertiary alicyclic amines) is 1. The highest BCUT2D eigenvalue weighted by molar-refractivity contribution is 5.93. The summed E-state index contributed by atoms with van der Waals surface area (Å²) in [4.78, 5) is 40.5. The average Bonchev–Trinajstić information content (AvgIpc) is 2.80. The molecule has 0 aromatic carbocycles. The van der Waals surface area contributed by atoms with Crippen LogP contribution in [0.1, 0.15) is 36.0 Å². The van der Waals surface area contributed by atoms with Gasteiger partial charge in [-0.15, -0.1) is 0 Å². The number of carbonyl (C=O) groups excluding carboxylic acids is 2. The summed E-state index contributed by atoms with van der Waals surface area (Å²) in [7, 11) is 0. The number of anilines is 1. The van der Waals surface area contributed by atoms with Crippen molar-refractivity contribution in [3.8, 4) is 0 Å². The monoisotopic (exact) mass is 415 g/mol. The number of morpholine rings is 1. The van der Waals surface area contributed by atoms with Crippen LogP contribution in [-0.2, 0) is 9.53 Å². The van der Waals surface area contributed by atoms with Crippen LogP contribution in [-0.4, -0.2) is 94.8 Å². The molecule has 0 aliphatic carbocycles. The zero-order valence-electron chi connectivity index (χ0n) is 17.2. The second-order valence-corrected chi connectivity index (χ2v) is 8.85. The number of amides is 2. The van der Waals surface area contributed by atoms with Crippen molar-refractivity contribution in [2.24, 2.45) is 11.8 Å². The molecular weight excluding hydrogens is 386 g/mol. The van der Waals surface area contributed by atoms with Gasteiger partial charge in [0.1, 0.15) is 0 Å². The Kier molecular flexibility index (Phi) is 5.32. The zero-order chi connectivity index (χ0) is 20.7. The third-order valence-corrected chi connectivity index (χ3v) is 7.15. The number of ether oxygens (including phenoxy) is 1. The van der Waals surface area contributed by atoms with Crippen molar-refractivity contribution in [3.05, 3.63) is 18.0 Å². The first-order valence-corrected chi connectivity index (χ1v) is 11.0. The third kappa shape index (κ3) is 3.43. The number of fused-ring (bicyclic) bond motifs is 4. The molecule has 2 amide bonds. The van der Waals surface area contributed by atoms with Crippen LogP contribution in [0.15, 0.2) is 12.4 Å². The summed E-state index contributed by atoms with van der Waals surface area (Å²) in [6.45, 7) is 3.99. The van der Waals surface area contributed by atoms with Crippen LogP contribution in [0.3, 0.4) is 0 Å². The number of piperidine rings is 3. The maximum atomic E-state index is 13.2. The molecule has 0 radical (unpaired) electrons. The van der Waals surface area contributed by atoms with E-state index in [2.05, 4.69) is 14.9 Å². The van der Waals surface area contributed by atoms with E-state index in [-0.39, 0.29) is 42.3 Å². The predicted octanol–water partition coefficient (Wildman–Crippen LogP) is 0.147. The van der Waals surface area contributed by atoms with E-state index in [0.717, 1.165) is 32.4 Å². The first kappa shape index (κ1) is 19.7. The van der Waals surface area contributed by atoms with Crippen molar-refractivity contribution in [2.45, 2.75) is 37.8 Å². The van der Waals surface area contributed by atoms with Gasteiger partial charge in [0.05, 0.1) is 31.4 Å². The van der Waals surface area contributed by atoms with Gasteiger partial charge in [0.2, 0.25) is 11.9 Å². The minimum Gasteiger partial charge on any atom is -0.394 e. The first-order chi connectivity index (χ1) is 14.7. The zero-order valence-corrected chi connectivity index (χ0v) is 17.2. The highest BCUT2D eigenvalue weighted by Crippen LogP contribution is 2.41. The number of carbonyl (C=O) groups is 2. The van der Waals surface area contributed by atoms with Crippen molar-refractivity contribution in [3.63, 3.8) is 0 Å². The number of hydrogen-bond acceptors (Lipinski definition) is 7. The highest BCUT2D eigenvalue weighted by Gasteiger charge is 2.49. The molecule has 5 rings (SSSR count). The number of rotatable bonds is 3. The lowest BCUT2D eigenvalue weighted by molar-refractivity contribution is -0.154. The fourth-order valence-electron chi connectivity index (χ4n) is 5.72. The summed E-state index contributed by atoms with van der Waals surface area (Å²) in [6.07, 6.45) is 6.62. The van der Waals surface area contributed by atoms with Crippen molar-refractivity contribution < 1.29 is 19.4 Å². The van der Waals surface area contributed by atoms with E-state index in [1.807, 2.05) is 9.80 Å². The Morgan fingerprint density at radius 2 is 1.90 bits per heavy atom. The normalized spacial score (nSPS) is 31.5. The predicted molar refractivity (Wildman–Crippen MR) is 108 cm³/mol. The lowest BCUT2D eigenvalue weighted by atomic mass is 9.72. The third-order valence-electron chi connectivity index (χ3n) is 7.15. The van der Waals surface area contributed by atoms with Gasteiger partial charge in [-0.3, -0.25) is 9.59 Å². The van der Waals surface area contributed by atoms with Crippen LogP contribution >= 0.6 is 0 Å². The number of hydrogen-bond donors (Lipinski definition) is 1. The summed E-state index contributed by atoms with van der Waals surface area (Å²) >= 11 is 0. The molecular formula is C21H29N5O4. The van der Waals surface area contributed by atoms with Crippen LogP contribution in [0.4, 0.5) is 5.95 Å². The van der Waals surface area contributed by atoms with Crippen molar-refractivity contribution >= 4 is 17.8 Å². The number of nitrogens with zero attached hydrogens (tertiary/aromatic N) is 5.